The number of nitrogens with one attached hydrogen (secondary N) is 3. The van der Waals surface area contributed by atoms with Gasteiger partial charge in [-0.25, -0.2) is 13.8 Å². The fourth-order valence-corrected chi connectivity index (χ4v) is 3.24. The molecule has 3 N–H and O–H groups in total. The van der Waals surface area contributed by atoms with Gasteiger partial charge in [-0.15, -0.1) is 0 Å². The molecule has 1 aromatic heterocycles. The Balaban J connectivity index is 0.000000323. The minimum Gasteiger partial charge on any atom is -0.352 e. The third kappa shape index (κ3) is 6.05. The first kappa shape index (κ1) is 24.1. The number of nitrogens with zero attached hydrogens (tertiary/aromatic N) is 2. The number of halogens is 4. The molecule has 0 bridgehead atoms. The molecule has 4 rings (SSSR count). The van der Waals surface area contributed by atoms with Gasteiger partial charge in [-0.05, 0) is 42.5 Å². The fourth-order valence-electron chi connectivity index (χ4n) is 2.90. The van der Waals surface area contributed by atoms with Gasteiger partial charge >= 0.3 is 0 Å². The van der Waals surface area contributed by atoms with Gasteiger partial charge < -0.3 is 20.5 Å². The molecule has 0 aliphatic carbocycles. The van der Waals surface area contributed by atoms with E-state index in [9.17, 15) is 23.2 Å². The van der Waals surface area contributed by atoms with E-state index in [-0.39, 0.29) is 47.0 Å². The number of imidazole rings is 1. The zero-order chi connectivity index (χ0) is 24.1. The van der Waals surface area contributed by atoms with Crippen LogP contribution in [0.3, 0.4) is 0 Å². The van der Waals surface area contributed by atoms with E-state index in [4.69, 9.17) is 23.2 Å². The van der Waals surface area contributed by atoms with E-state index in [2.05, 4.69) is 20.9 Å². The first-order valence-corrected chi connectivity index (χ1v) is 10.2. The lowest BCUT2D eigenvalue weighted by Gasteiger charge is -2.17. The molecule has 33 heavy (non-hydrogen) atoms. The molecule has 0 atom stereocenters. The number of carbonyl (C=O) groups excluding carboxylic acids is 3. The molecule has 0 saturated heterocycles. The van der Waals surface area contributed by atoms with Crippen molar-refractivity contribution in [3.05, 3.63) is 81.2 Å². The number of amides is 3. The third-order valence-corrected chi connectivity index (χ3v) is 4.89. The summed E-state index contributed by atoms with van der Waals surface area (Å²) in [5.41, 5.74) is 0.474. The maximum atomic E-state index is 13.4. The Labute approximate surface area is 196 Å². The zero-order valence-corrected chi connectivity index (χ0v) is 18.6. The maximum absolute atomic E-state index is 13.4. The molecule has 3 aromatic rings. The van der Waals surface area contributed by atoms with Crippen LogP contribution in [0, 0.1) is 11.6 Å². The van der Waals surface area contributed by atoms with Gasteiger partial charge in [-0.1, -0.05) is 23.2 Å². The lowest BCUT2D eigenvalue weighted by Crippen LogP contribution is -2.36. The highest BCUT2D eigenvalue weighted by Crippen LogP contribution is 2.22. The van der Waals surface area contributed by atoms with Crippen LogP contribution in [0.25, 0.3) is 0 Å². The largest absolute Gasteiger partial charge is 0.352 e. The standard InChI is InChI=1S/C15H13ClFN5O3.C6H4ClF/c1-18-15(25)13-20-12(10-5-19-11(23)6-22(10)13)21-14(24)7-2-8(16)4-9(17)3-7;7-5-1-3-6(8)4-2-5/h2-4H,5-6H2,1H3,(H,18,25)(H,19,23)(H,21,24);1-4H. The van der Waals surface area contributed by atoms with E-state index < -0.39 is 17.6 Å². The number of anilines is 1. The molecule has 0 spiro atoms. The van der Waals surface area contributed by atoms with E-state index >= 15 is 0 Å². The van der Waals surface area contributed by atoms with E-state index in [1.165, 1.54) is 41.9 Å². The van der Waals surface area contributed by atoms with E-state index in [1.54, 1.807) is 0 Å². The van der Waals surface area contributed by atoms with Gasteiger partial charge in [0, 0.05) is 22.7 Å². The Hall–Kier alpha value is -3.50. The molecule has 8 nitrogen and oxygen atoms in total. The van der Waals surface area contributed by atoms with Gasteiger partial charge in [0.05, 0.1) is 12.2 Å². The number of carbonyl (C=O) groups is 3. The minimum absolute atomic E-state index is 0.0000698. The number of rotatable bonds is 3. The smallest absolute Gasteiger partial charge is 0.287 e. The second-order valence-electron chi connectivity index (χ2n) is 6.72. The highest BCUT2D eigenvalue weighted by molar-refractivity contribution is 6.31. The molecular formula is C21H17Cl2F2N5O3. The van der Waals surface area contributed by atoms with Crippen LogP contribution in [0.1, 0.15) is 26.7 Å². The summed E-state index contributed by atoms with van der Waals surface area (Å²) in [6, 6.07) is 9.09. The molecule has 3 amide bonds. The van der Waals surface area contributed by atoms with Gasteiger partial charge in [0.25, 0.3) is 11.8 Å². The van der Waals surface area contributed by atoms with Crippen molar-refractivity contribution < 1.29 is 23.2 Å². The van der Waals surface area contributed by atoms with Gasteiger partial charge in [0.2, 0.25) is 11.7 Å². The lowest BCUT2D eigenvalue weighted by atomic mass is 10.2. The van der Waals surface area contributed by atoms with E-state index in [0.29, 0.717) is 10.7 Å². The Morgan fingerprint density at radius 1 is 1.03 bits per heavy atom. The van der Waals surface area contributed by atoms with Crippen LogP contribution in [-0.4, -0.2) is 34.3 Å². The molecule has 2 aromatic carbocycles. The van der Waals surface area contributed by atoms with Crippen molar-refractivity contribution in [3.63, 3.8) is 0 Å². The summed E-state index contributed by atoms with van der Waals surface area (Å²) >= 11 is 11.2. The summed E-state index contributed by atoms with van der Waals surface area (Å²) < 4.78 is 26.9. The van der Waals surface area contributed by atoms with Gasteiger partial charge in [-0.2, -0.15) is 0 Å². The van der Waals surface area contributed by atoms with Crippen LogP contribution >= 0.6 is 23.2 Å². The Morgan fingerprint density at radius 2 is 1.73 bits per heavy atom. The number of benzene rings is 2. The Kier molecular flexibility index (Phi) is 7.62. The van der Waals surface area contributed by atoms with Crippen molar-refractivity contribution in [2.45, 2.75) is 13.1 Å². The Morgan fingerprint density at radius 3 is 2.33 bits per heavy atom. The van der Waals surface area contributed by atoms with Gasteiger partial charge in [0.1, 0.15) is 18.2 Å². The molecular weight excluding hydrogens is 479 g/mol. The zero-order valence-electron chi connectivity index (χ0n) is 17.1. The van der Waals surface area contributed by atoms with E-state index in [1.807, 2.05) is 0 Å². The number of hydrogen-bond donors (Lipinski definition) is 3. The Bertz CT molecular complexity index is 1170. The monoisotopic (exact) mass is 495 g/mol. The molecule has 172 valence electrons. The summed E-state index contributed by atoms with van der Waals surface area (Å²) in [4.78, 5) is 40.0. The molecule has 0 fully saturated rings. The quantitative estimate of drug-likeness (QED) is 0.517. The molecule has 1 aliphatic heterocycles. The van der Waals surface area contributed by atoms with Crippen molar-refractivity contribution in [2.75, 3.05) is 12.4 Å². The number of fused-ring (bicyclic) bond motifs is 1. The van der Waals surface area contributed by atoms with Crippen molar-refractivity contribution in [1.82, 2.24) is 20.2 Å². The first-order valence-electron chi connectivity index (χ1n) is 9.44. The summed E-state index contributed by atoms with van der Waals surface area (Å²) in [7, 11) is 1.43. The lowest BCUT2D eigenvalue weighted by molar-refractivity contribution is -0.122. The summed E-state index contributed by atoms with van der Waals surface area (Å²) in [5.74, 6) is -2.20. The molecule has 0 radical (unpaired) electrons. The molecule has 12 heteroatoms. The van der Waals surface area contributed by atoms with E-state index in [0.717, 1.165) is 12.1 Å². The van der Waals surface area contributed by atoms with Crippen molar-refractivity contribution in [3.8, 4) is 0 Å². The van der Waals surface area contributed by atoms with Gasteiger partial charge in [-0.3, -0.25) is 14.4 Å². The van der Waals surface area contributed by atoms with Crippen LogP contribution in [0.15, 0.2) is 42.5 Å². The van der Waals surface area contributed by atoms with Crippen LogP contribution in [0.5, 0.6) is 0 Å². The third-order valence-electron chi connectivity index (χ3n) is 4.42. The summed E-state index contributed by atoms with van der Waals surface area (Å²) in [6.07, 6.45) is 0. The van der Waals surface area contributed by atoms with Crippen molar-refractivity contribution >= 4 is 46.7 Å². The second kappa shape index (κ2) is 10.4. The second-order valence-corrected chi connectivity index (χ2v) is 7.59. The topological polar surface area (TPSA) is 105 Å². The SMILES string of the molecule is CNC(=O)c1nc(NC(=O)c2cc(F)cc(Cl)c2)c2n1CC(=O)NC2.Fc1ccc(Cl)cc1. The van der Waals surface area contributed by atoms with Crippen LogP contribution in [-0.2, 0) is 17.9 Å². The van der Waals surface area contributed by atoms with Crippen molar-refractivity contribution in [2.24, 2.45) is 0 Å². The molecule has 1 aliphatic rings. The highest BCUT2D eigenvalue weighted by atomic mass is 35.5. The van der Waals surface area contributed by atoms with Crippen molar-refractivity contribution in [1.29, 1.82) is 0 Å². The predicted octanol–water partition coefficient (Wildman–Crippen LogP) is 3.40. The fraction of sp³-hybridized carbons (Fsp3) is 0.143. The van der Waals surface area contributed by atoms with Gasteiger partial charge in [0.15, 0.2) is 5.82 Å². The average molecular weight is 496 g/mol. The highest BCUT2D eigenvalue weighted by Gasteiger charge is 2.27. The summed E-state index contributed by atoms with van der Waals surface area (Å²) in [5, 5.41) is 8.21. The van der Waals surface area contributed by atoms with Crippen LogP contribution in [0.2, 0.25) is 10.0 Å². The number of hydrogen-bond acceptors (Lipinski definition) is 4. The molecule has 0 unspecified atom stereocenters. The minimum atomic E-state index is -0.650. The van der Waals surface area contributed by atoms with Crippen LogP contribution in [0.4, 0.5) is 14.6 Å². The number of aromatic nitrogens is 2. The molecule has 0 saturated carbocycles. The average Bonchev–Trinajstić information content (AvgIpc) is 3.12. The first-order chi connectivity index (χ1) is 15.7. The van der Waals surface area contributed by atoms with Crippen LogP contribution < -0.4 is 16.0 Å². The molecule has 2 heterocycles. The predicted molar refractivity (Wildman–Crippen MR) is 118 cm³/mol. The maximum Gasteiger partial charge on any atom is 0.287 e. The normalized spacial score (nSPS) is 12.1. The summed E-state index contributed by atoms with van der Waals surface area (Å²) in [6.45, 7) is 0.00903.